The molecule has 0 unspecified atom stereocenters. The second-order valence-electron chi connectivity index (χ2n) is 9.07. The van der Waals surface area contributed by atoms with Crippen LogP contribution in [-0.4, -0.2) is 43.1 Å². The monoisotopic (exact) mass is 589 g/mol. The number of hydrogen-bond donors (Lipinski definition) is 3. The number of hydrogen-bond acceptors (Lipinski definition) is 10. The first-order valence-electron chi connectivity index (χ1n) is 12.6. The molecule has 2 heterocycles. The summed E-state index contributed by atoms with van der Waals surface area (Å²) in [6, 6.07) is 17.8. The van der Waals surface area contributed by atoms with Gasteiger partial charge in [0.25, 0.3) is 11.8 Å². The molecule has 1 aromatic heterocycles. The Morgan fingerprint density at radius 3 is 2.43 bits per heavy atom. The fourth-order valence-electron chi connectivity index (χ4n) is 4.48. The third-order valence-corrected chi connectivity index (χ3v) is 7.40. The van der Waals surface area contributed by atoms with E-state index in [1.807, 2.05) is 30.3 Å². The molecule has 5 rings (SSSR count). The van der Waals surface area contributed by atoms with E-state index in [4.69, 9.17) is 30.4 Å². The van der Waals surface area contributed by atoms with Crippen LogP contribution >= 0.6 is 11.5 Å². The number of amides is 3. The standard InChI is InChI=1S/C29H27N5O7S/c1-38-19-10-8-17(12-21(19)39-2)25(28(36)32-14-16-6-4-3-5-7-16)34(18-9-11-20-22(13-18)41-15-40-20)29(37)26-23(30)24(27(31)35)33-42-26/h3-13,25H,14-15,30H2,1-2H3,(H2,31,35)(H,32,36)/t25-/m0/s1. The van der Waals surface area contributed by atoms with E-state index >= 15 is 0 Å². The Balaban J connectivity index is 1.66. The van der Waals surface area contributed by atoms with Gasteiger partial charge in [0.2, 0.25) is 12.7 Å². The van der Waals surface area contributed by atoms with Crippen molar-refractivity contribution in [1.82, 2.24) is 9.69 Å². The van der Waals surface area contributed by atoms with Crippen LogP contribution in [0, 0.1) is 0 Å². The quantitative estimate of drug-likeness (QED) is 0.251. The smallest absolute Gasteiger partial charge is 0.273 e. The lowest BCUT2D eigenvalue weighted by molar-refractivity contribution is -0.122. The molecule has 1 atom stereocenters. The van der Waals surface area contributed by atoms with Crippen LogP contribution in [0.25, 0.3) is 0 Å². The summed E-state index contributed by atoms with van der Waals surface area (Å²) in [5.74, 6) is -0.423. The second kappa shape index (κ2) is 12.1. The summed E-state index contributed by atoms with van der Waals surface area (Å²) in [5, 5.41) is 2.93. The molecule has 1 aliphatic heterocycles. The summed E-state index contributed by atoms with van der Waals surface area (Å²) in [6.07, 6.45) is 0. The fraction of sp³-hybridized carbons (Fsp3) is 0.172. The van der Waals surface area contributed by atoms with E-state index in [1.165, 1.54) is 19.1 Å². The van der Waals surface area contributed by atoms with Crippen molar-refractivity contribution in [3.63, 3.8) is 0 Å². The molecule has 3 amide bonds. The number of carbonyl (C=O) groups excluding carboxylic acids is 3. The molecule has 42 heavy (non-hydrogen) atoms. The summed E-state index contributed by atoms with van der Waals surface area (Å²) in [5.41, 5.74) is 12.7. The van der Waals surface area contributed by atoms with E-state index in [0.717, 1.165) is 5.56 Å². The van der Waals surface area contributed by atoms with Crippen LogP contribution in [0.3, 0.4) is 0 Å². The van der Waals surface area contributed by atoms with Gasteiger partial charge in [-0.2, -0.15) is 4.37 Å². The minimum absolute atomic E-state index is 0.00711. The minimum Gasteiger partial charge on any atom is -0.493 e. The number of aromatic nitrogens is 1. The molecular weight excluding hydrogens is 562 g/mol. The van der Waals surface area contributed by atoms with Crippen molar-refractivity contribution in [2.75, 3.05) is 31.6 Å². The summed E-state index contributed by atoms with van der Waals surface area (Å²) >= 11 is 0.710. The van der Waals surface area contributed by atoms with Gasteiger partial charge >= 0.3 is 0 Å². The zero-order valence-electron chi connectivity index (χ0n) is 22.7. The third-order valence-electron chi connectivity index (χ3n) is 6.55. The Bertz CT molecular complexity index is 1640. The van der Waals surface area contributed by atoms with Crippen molar-refractivity contribution in [3.8, 4) is 23.0 Å². The number of primary amides is 1. The second-order valence-corrected chi connectivity index (χ2v) is 9.84. The molecule has 0 spiro atoms. The van der Waals surface area contributed by atoms with Crippen LogP contribution in [0.1, 0.15) is 37.3 Å². The van der Waals surface area contributed by atoms with Gasteiger partial charge in [0.15, 0.2) is 28.7 Å². The first-order chi connectivity index (χ1) is 20.3. The number of fused-ring (bicyclic) bond motifs is 1. The molecule has 1 aliphatic rings. The number of nitrogens with one attached hydrogen (secondary N) is 1. The molecule has 3 aromatic carbocycles. The van der Waals surface area contributed by atoms with Crippen molar-refractivity contribution in [3.05, 3.63) is 88.4 Å². The maximum absolute atomic E-state index is 14.3. The number of ether oxygens (including phenoxy) is 4. The van der Waals surface area contributed by atoms with Crippen molar-refractivity contribution < 1.29 is 33.3 Å². The molecule has 4 aromatic rings. The molecule has 0 radical (unpaired) electrons. The van der Waals surface area contributed by atoms with Gasteiger partial charge in [-0.25, -0.2) is 0 Å². The topological polar surface area (TPSA) is 168 Å². The number of nitrogens with zero attached hydrogens (tertiary/aromatic N) is 2. The molecule has 5 N–H and O–H groups in total. The number of methoxy groups -OCH3 is 2. The minimum atomic E-state index is -1.25. The van der Waals surface area contributed by atoms with Crippen molar-refractivity contribution in [2.45, 2.75) is 12.6 Å². The lowest BCUT2D eigenvalue weighted by atomic mass is 10.0. The van der Waals surface area contributed by atoms with Crippen molar-refractivity contribution in [2.24, 2.45) is 5.73 Å². The van der Waals surface area contributed by atoms with E-state index in [9.17, 15) is 14.4 Å². The van der Waals surface area contributed by atoms with Gasteiger partial charge in [-0.15, -0.1) is 0 Å². The Kier molecular flexibility index (Phi) is 8.11. The highest BCUT2D eigenvalue weighted by Gasteiger charge is 2.37. The van der Waals surface area contributed by atoms with Gasteiger partial charge in [0, 0.05) is 18.3 Å². The summed E-state index contributed by atoms with van der Waals surface area (Å²) in [4.78, 5) is 41.5. The maximum atomic E-state index is 14.3. The summed E-state index contributed by atoms with van der Waals surface area (Å²) < 4.78 is 25.9. The van der Waals surface area contributed by atoms with Gasteiger partial charge in [-0.3, -0.25) is 19.3 Å². The summed E-state index contributed by atoms with van der Waals surface area (Å²) in [6.45, 7) is 0.203. The Morgan fingerprint density at radius 1 is 1.00 bits per heavy atom. The lowest BCUT2D eigenvalue weighted by Crippen LogP contribution is -2.44. The number of nitrogen functional groups attached to an aromatic ring is 1. The predicted octanol–water partition coefficient (Wildman–Crippen LogP) is 3.27. The Labute approximate surface area is 244 Å². The maximum Gasteiger partial charge on any atom is 0.273 e. The van der Waals surface area contributed by atoms with Crippen LogP contribution in [0.15, 0.2) is 66.7 Å². The molecule has 0 fully saturated rings. The van der Waals surface area contributed by atoms with Crippen molar-refractivity contribution in [1.29, 1.82) is 0 Å². The molecule has 0 aliphatic carbocycles. The number of anilines is 2. The number of nitrogens with two attached hydrogens (primary N) is 2. The zero-order valence-corrected chi connectivity index (χ0v) is 23.5. The number of benzene rings is 3. The van der Waals surface area contributed by atoms with Gasteiger partial charge in [0.1, 0.15) is 10.9 Å². The number of carbonyl (C=O) groups is 3. The van der Waals surface area contributed by atoms with Gasteiger partial charge in [0.05, 0.1) is 19.9 Å². The average molecular weight is 590 g/mol. The highest BCUT2D eigenvalue weighted by molar-refractivity contribution is 7.09. The zero-order chi connectivity index (χ0) is 29.8. The lowest BCUT2D eigenvalue weighted by Gasteiger charge is -2.31. The molecule has 13 heteroatoms. The first kappa shape index (κ1) is 28.2. The van der Waals surface area contributed by atoms with Gasteiger partial charge < -0.3 is 35.7 Å². The first-order valence-corrected chi connectivity index (χ1v) is 13.4. The molecular formula is C29H27N5O7S. The third kappa shape index (κ3) is 5.49. The highest BCUT2D eigenvalue weighted by Crippen LogP contribution is 2.41. The van der Waals surface area contributed by atoms with Crippen LogP contribution in [0.2, 0.25) is 0 Å². The van der Waals surface area contributed by atoms with Gasteiger partial charge in [-0.05, 0) is 46.9 Å². The molecule has 0 saturated carbocycles. The van der Waals surface area contributed by atoms with Crippen LogP contribution in [-0.2, 0) is 11.3 Å². The molecule has 12 nitrogen and oxygen atoms in total. The molecule has 0 saturated heterocycles. The largest absolute Gasteiger partial charge is 0.493 e. The van der Waals surface area contributed by atoms with E-state index in [1.54, 1.807) is 36.4 Å². The van der Waals surface area contributed by atoms with E-state index in [0.29, 0.717) is 45.8 Å². The van der Waals surface area contributed by atoms with Crippen LogP contribution in [0.5, 0.6) is 23.0 Å². The average Bonchev–Trinajstić information content (AvgIpc) is 3.64. The normalized spacial score (nSPS) is 12.3. The van der Waals surface area contributed by atoms with Gasteiger partial charge in [-0.1, -0.05) is 36.4 Å². The molecule has 0 bridgehead atoms. The fourth-order valence-corrected chi connectivity index (χ4v) is 5.22. The highest BCUT2D eigenvalue weighted by atomic mass is 32.1. The van der Waals surface area contributed by atoms with Crippen molar-refractivity contribution >= 4 is 40.6 Å². The Hall–Kier alpha value is -5.30. The van der Waals surface area contributed by atoms with E-state index in [-0.39, 0.29) is 29.6 Å². The predicted molar refractivity (Wildman–Crippen MR) is 155 cm³/mol. The summed E-state index contributed by atoms with van der Waals surface area (Å²) in [7, 11) is 2.96. The number of rotatable bonds is 10. The van der Waals surface area contributed by atoms with Crippen LogP contribution < -0.4 is 40.6 Å². The Morgan fingerprint density at radius 2 is 1.74 bits per heavy atom. The van der Waals surface area contributed by atoms with E-state index < -0.39 is 23.8 Å². The van der Waals surface area contributed by atoms with E-state index in [2.05, 4.69) is 9.69 Å². The SMILES string of the molecule is COc1ccc([C@@H](C(=O)NCc2ccccc2)N(C(=O)c2snc(C(N)=O)c2N)c2ccc3c(c2)OCO3)cc1OC. The molecule has 216 valence electrons. The van der Waals surface area contributed by atoms with Crippen LogP contribution in [0.4, 0.5) is 11.4 Å².